The van der Waals surface area contributed by atoms with Crippen LogP contribution < -0.4 is 5.32 Å². The number of nitrogens with zero attached hydrogens (tertiary/aromatic N) is 1. The first kappa shape index (κ1) is 15.8. The van der Waals surface area contributed by atoms with Crippen LogP contribution in [0.15, 0.2) is 0 Å². The van der Waals surface area contributed by atoms with E-state index in [9.17, 15) is 14.7 Å². The molecule has 0 spiro atoms. The molecule has 19 heavy (non-hydrogen) atoms. The van der Waals surface area contributed by atoms with Crippen LogP contribution in [0.25, 0.3) is 0 Å². The van der Waals surface area contributed by atoms with Crippen molar-refractivity contribution in [2.24, 2.45) is 0 Å². The number of carboxylic acid groups (broad SMARTS) is 1. The zero-order valence-electron chi connectivity index (χ0n) is 12.0. The van der Waals surface area contributed by atoms with Crippen LogP contribution in [-0.4, -0.2) is 40.6 Å². The van der Waals surface area contributed by atoms with Crippen molar-refractivity contribution in [3.05, 3.63) is 0 Å². The fraction of sp³-hybridized carbons (Fsp3) is 0.857. The molecule has 1 fully saturated rings. The molecule has 2 unspecified atom stereocenters. The predicted molar refractivity (Wildman–Crippen MR) is 74.1 cm³/mol. The first-order valence-corrected chi connectivity index (χ1v) is 7.40. The lowest BCUT2D eigenvalue weighted by atomic mass is 10.1. The number of amides is 2. The second-order valence-electron chi connectivity index (χ2n) is 5.24. The fourth-order valence-electron chi connectivity index (χ4n) is 2.59. The van der Waals surface area contributed by atoms with E-state index < -0.39 is 12.0 Å². The minimum atomic E-state index is -0.888. The molecule has 0 aliphatic carbocycles. The lowest BCUT2D eigenvalue weighted by molar-refractivity contribution is -0.142. The number of urea groups is 1. The van der Waals surface area contributed by atoms with Gasteiger partial charge >= 0.3 is 12.0 Å². The fourth-order valence-corrected chi connectivity index (χ4v) is 2.59. The number of likely N-dealkylation sites (tertiary alicyclic amines) is 1. The Morgan fingerprint density at radius 2 is 2.05 bits per heavy atom. The molecule has 1 heterocycles. The van der Waals surface area contributed by atoms with Gasteiger partial charge in [-0.2, -0.15) is 0 Å². The lowest BCUT2D eigenvalue weighted by Gasteiger charge is -2.29. The van der Waals surface area contributed by atoms with Crippen LogP contribution in [0.4, 0.5) is 4.79 Å². The zero-order chi connectivity index (χ0) is 14.3. The van der Waals surface area contributed by atoms with Crippen LogP contribution in [0.2, 0.25) is 0 Å². The molecule has 0 aromatic heterocycles. The van der Waals surface area contributed by atoms with E-state index in [1.807, 2.05) is 6.92 Å². The van der Waals surface area contributed by atoms with Gasteiger partial charge in [0.2, 0.25) is 0 Å². The normalized spacial score (nSPS) is 21.6. The summed E-state index contributed by atoms with van der Waals surface area (Å²) in [7, 11) is 0. The summed E-state index contributed by atoms with van der Waals surface area (Å²) in [4.78, 5) is 25.1. The molecule has 2 atom stereocenters. The summed E-state index contributed by atoms with van der Waals surface area (Å²) in [6.45, 7) is 4.67. The van der Waals surface area contributed by atoms with Gasteiger partial charge in [-0.1, -0.05) is 33.1 Å². The zero-order valence-corrected chi connectivity index (χ0v) is 12.0. The molecule has 0 bridgehead atoms. The molecule has 0 saturated carbocycles. The van der Waals surface area contributed by atoms with Gasteiger partial charge in [0.1, 0.15) is 6.04 Å². The Morgan fingerprint density at radius 3 is 2.63 bits per heavy atom. The third kappa shape index (κ3) is 4.73. The summed E-state index contributed by atoms with van der Waals surface area (Å²) in [5.41, 5.74) is 0. The van der Waals surface area contributed by atoms with Crippen molar-refractivity contribution in [1.82, 2.24) is 10.2 Å². The van der Waals surface area contributed by atoms with E-state index >= 15 is 0 Å². The molecular weight excluding hydrogens is 244 g/mol. The number of carboxylic acids is 1. The average Bonchev–Trinajstić information content (AvgIpc) is 2.63. The SMILES string of the molecule is CCCC(CC)NC(=O)N1CCCCCC1C(=O)O. The lowest BCUT2D eigenvalue weighted by Crippen LogP contribution is -2.51. The Morgan fingerprint density at radius 1 is 1.32 bits per heavy atom. The molecule has 0 radical (unpaired) electrons. The van der Waals surface area contributed by atoms with Gasteiger partial charge in [-0.3, -0.25) is 0 Å². The average molecular weight is 270 g/mol. The van der Waals surface area contributed by atoms with Crippen molar-refractivity contribution in [3.8, 4) is 0 Å². The van der Waals surface area contributed by atoms with E-state index in [2.05, 4.69) is 12.2 Å². The Labute approximate surface area is 115 Å². The second-order valence-corrected chi connectivity index (χ2v) is 5.24. The van der Waals surface area contributed by atoms with E-state index in [-0.39, 0.29) is 12.1 Å². The Kier molecular flexibility index (Phi) is 6.67. The third-order valence-electron chi connectivity index (χ3n) is 3.76. The largest absolute Gasteiger partial charge is 0.480 e. The summed E-state index contributed by atoms with van der Waals surface area (Å²) in [5, 5.41) is 12.2. The highest BCUT2D eigenvalue weighted by Crippen LogP contribution is 2.17. The summed E-state index contributed by atoms with van der Waals surface area (Å²) >= 11 is 0. The topological polar surface area (TPSA) is 69.6 Å². The van der Waals surface area contributed by atoms with Gasteiger partial charge in [0.15, 0.2) is 0 Å². The maximum Gasteiger partial charge on any atom is 0.326 e. The van der Waals surface area contributed by atoms with Crippen molar-refractivity contribution >= 4 is 12.0 Å². The molecule has 2 N–H and O–H groups in total. The number of aliphatic carboxylic acids is 1. The molecule has 0 aromatic carbocycles. The van der Waals surface area contributed by atoms with Gasteiger partial charge in [-0.15, -0.1) is 0 Å². The van der Waals surface area contributed by atoms with Gasteiger partial charge in [0, 0.05) is 12.6 Å². The maximum absolute atomic E-state index is 12.3. The number of carbonyl (C=O) groups excluding carboxylic acids is 1. The van der Waals surface area contributed by atoms with Crippen molar-refractivity contribution in [2.75, 3.05) is 6.54 Å². The van der Waals surface area contributed by atoms with E-state index in [4.69, 9.17) is 0 Å². The van der Waals surface area contributed by atoms with Gasteiger partial charge in [-0.05, 0) is 25.7 Å². The highest BCUT2D eigenvalue weighted by Gasteiger charge is 2.31. The van der Waals surface area contributed by atoms with Crippen molar-refractivity contribution in [1.29, 1.82) is 0 Å². The molecule has 5 heteroatoms. The minimum absolute atomic E-state index is 0.148. The van der Waals surface area contributed by atoms with Gasteiger partial charge < -0.3 is 15.3 Å². The minimum Gasteiger partial charge on any atom is -0.480 e. The first-order chi connectivity index (χ1) is 9.10. The van der Waals surface area contributed by atoms with Gasteiger partial charge in [0.25, 0.3) is 0 Å². The molecular formula is C14H26N2O3. The van der Waals surface area contributed by atoms with Crippen LogP contribution >= 0.6 is 0 Å². The molecule has 110 valence electrons. The molecule has 0 aromatic rings. The van der Waals surface area contributed by atoms with Crippen molar-refractivity contribution in [3.63, 3.8) is 0 Å². The molecule has 1 saturated heterocycles. The molecule has 1 rings (SSSR count). The Bertz CT molecular complexity index is 307. The number of nitrogens with one attached hydrogen (secondary N) is 1. The van der Waals surface area contributed by atoms with E-state index in [0.717, 1.165) is 38.5 Å². The molecule has 5 nitrogen and oxygen atoms in total. The number of hydrogen-bond acceptors (Lipinski definition) is 2. The summed E-state index contributed by atoms with van der Waals surface area (Å²) in [6.07, 6.45) is 6.17. The first-order valence-electron chi connectivity index (χ1n) is 7.40. The standard InChI is InChI=1S/C14H26N2O3/c1-3-8-11(4-2)15-14(19)16-10-7-5-6-9-12(16)13(17)18/h11-12H,3-10H2,1-2H3,(H,15,19)(H,17,18). The van der Waals surface area contributed by atoms with E-state index in [1.165, 1.54) is 4.90 Å². The number of hydrogen-bond donors (Lipinski definition) is 2. The summed E-state index contributed by atoms with van der Waals surface area (Å²) in [6, 6.07) is -0.730. The third-order valence-corrected chi connectivity index (χ3v) is 3.76. The van der Waals surface area contributed by atoms with Crippen LogP contribution in [0.1, 0.15) is 58.8 Å². The highest BCUT2D eigenvalue weighted by atomic mass is 16.4. The van der Waals surface area contributed by atoms with E-state index in [1.54, 1.807) is 0 Å². The van der Waals surface area contributed by atoms with Crippen LogP contribution in [-0.2, 0) is 4.79 Å². The Hall–Kier alpha value is -1.26. The monoisotopic (exact) mass is 270 g/mol. The summed E-state index contributed by atoms with van der Waals surface area (Å²) < 4.78 is 0. The van der Waals surface area contributed by atoms with Crippen LogP contribution in [0.3, 0.4) is 0 Å². The number of carbonyl (C=O) groups is 2. The molecule has 2 amide bonds. The van der Waals surface area contributed by atoms with E-state index in [0.29, 0.717) is 13.0 Å². The maximum atomic E-state index is 12.3. The van der Waals surface area contributed by atoms with Crippen molar-refractivity contribution in [2.45, 2.75) is 70.9 Å². The smallest absolute Gasteiger partial charge is 0.326 e. The molecule has 1 aliphatic heterocycles. The highest BCUT2D eigenvalue weighted by molar-refractivity contribution is 5.82. The Balaban J connectivity index is 2.67. The van der Waals surface area contributed by atoms with Crippen LogP contribution in [0.5, 0.6) is 0 Å². The van der Waals surface area contributed by atoms with Gasteiger partial charge in [-0.25, -0.2) is 9.59 Å². The van der Waals surface area contributed by atoms with Crippen LogP contribution in [0, 0.1) is 0 Å². The number of rotatable bonds is 5. The van der Waals surface area contributed by atoms with Crippen molar-refractivity contribution < 1.29 is 14.7 Å². The van der Waals surface area contributed by atoms with Gasteiger partial charge in [0.05, 0.1) is 0 Å². The quantitative estimate of drug-likeness (QED) is 0.806. The second kappa shape index (κ2) is 8.02. The predicted octanol–water partition coefficient (Wildman–Crippen LogP) is 2.60. The molecule has 1 aliphatic rings. The summed E-state index contributed by atoms with van der Waals surface area (Å²) in [5.74, 6) is -0.888.